The Kier molecular flexibility index (Phi) is 4.36. The van der Waals surface area contributed by atoms with Crippen molar-refractivity contribution in [2.24, 2.45) is 0 Å². The predicted molar refractivity (Wildman–Crippen MR) is 107 cm³/mol. The summed E-state index contributed by atoms with van der Waals surface area (Å²) in [5.41, 5.74) is 7.99. The molecule has 9 heteroatoms. The lowest BCUT2D eigenvalue weighted by Gasteiger charge is -2.29. The molecule has 2 saturated heterocycles. The van der Waals surface area contributed by atoms with Crippen LogP contribution in [0.15, 0.2) is 24.5 Å². The Balaban J connectivity index is 1.64. The summed E-state index contributed by atoms with van der Waals surface area (Å²) in [6.45, 7) is 5.01. The maximum atomic E-state index is 5.62. The molecular formula is C19H22N8O. The third kappa shape index (κ3) is 3.18. The van der Waals surface area contributed by atoms with E-state index in [9.17, 15) is 0 Å². The number of hydrogen-bond acceptors (Lipinski definition) is 9. The highest BCUT2D eigenvalue weighted by Crippen LogP contribution is 2.29. The maximum Gasteiger partial charge on any atom is 0.219 e. The molecule has 0 spiro atoms. The fourth-order valence-electron chi connectivity index (χ4n) is 3.69. The molecule has 0 saturated carbocycles. The fraction of sp³-hybridized carbons (Fsp3) is 0.421. The van der Waals surface area contributed by atoms with Crippen LogP contribution in [0.3, 0.4) is 0 Å². The van der Waals surface area contributed by atoms with Crippen molar-refractivity contribution in [2.45, 2.75) is 12.8 Å². The van der Waals surface area contributed by atoms with E-state index >= 15 is 0 Å². The van der Waals surface area contributed by atoms with Gasteiger partial charge in [-0.15, -0.1) is 0 Å². The molecule has 28 heavy (non-hydrogen) atoms. The van der Waals surface area contributed by atoms with Crippen LogP contribution in [0, 0.1) is 0 Å². The van der Waals surface area contributed by atoms with Crippen molar-refractivity contribution in [1.82, 2.24) is 24.9 Å². The van der Waals surface area contributed by atoms with Crippen molar-refractivity contribution >= 4 is 28.6 Å². The zero-order valence-corrected chi connectivity index (χ0v) is 15.6. The Labute approximate surface area is 162 Å². The molecule has 0 radical (unpaired) electrons. The van der Waals surface area contributed by atoms with Gasteiger partial charge in [0.15, 0.2) is 11.6 Å². The first-order valence-electron chi connectivity index (χ1n) is 9.62. The summed E-state index contributed by atoms with van der Waals surface area (Å²) in [4.78, 5) is 27.2. The van der Waals surface area contributed by atoms with E-state index in [1.54, 1.807) is 12.4 Å². The number of nitrogens with two attached hydrogens (primary N) is 1. The van der Waals surface area contributed by atoms with Crippen LogP contribution in [0.5, 0.6) is 0 Å². The topological polar surface area (TPSA) is 106 Å². The zero-order chi connectivity index (χ0) is 18.9. The summed E-state index contributed by atoms with van der Waals surface area (Å²) < 4.78 is 5.52. The highest BCUT2D eigenvalue weighted by atomic mass is 16.5. The van der Waals surface area contributed by atoms with Gasteiger partial charge in [0.25, 0.3) is 0 Å². The van der Waals surface area contributed by atoms with E-state index in [1.807, 2.05) is 12.1 Å². The standard InChI is InChI=1S/C19H22N8O/c20-19-21-11-13(12-22-19)17-23-14-3-4-15(26-5-1-2-6-26)24-16(14)18(25-17)27-7-9-28-10-8-27/h3-4,11-12H,1-2,5-10H2,(H2,20,21,22). The van der Waals surface area contributed by atoms with Gasteiger partial charge in [-0.2, -0.15) is 0 Å². The quantitative estimate of drug-likeness (QED) is 0.725. The van der Waals surface area contributed by atoms with Gasteiger partial charge >= 0.3 is 0 Å². The molecule has 2 aliphatic heterocycles. The van der Waals surface area contributed by atoms with Crippen molar-refractivity contribution in [3.63, 3.8) is 0 Å². The molecule has 144 valence electrons. The van der Waals surface area contributed by atoms with Gasteiger partial charge in [-0.25, -0.2) is 24.9 Å². The first-order valence-corrected chi connectivity index (χ1v) is 9.62. The van der Waals surface area contributed by atoms with Crippen molar-refractivity contribution in [1.29, 1.82) is 0 Å². The van der Waals surface area contributed by atoms with E-state index in [-0.39, 0.29) is 5.95 Å². The van der Waals surface area contributed by atoms with Crippen molar-refractivity contribution in [3.05, 3.63) is 24.5 Å². The number of nitrogen functional groups attached to an aromatic ring is 1. The minimum atomic E-state index is 0.231. The molecule has 3 aromatic rings. The van der Waals surface area contributed by atoms with E-state index in [0.29, 0.717) is 19.0 Å². The van der Waals surface area contributed by atoms with Crippen molar-refractivity contribution in [3.8, 4) is 11.4 Å². The Morgan fingerprint density at radius 1 is 0.857 bits per heavy atom. The summed E-state index contributed by atoms with van der Waals surface area (Å²) in [5.74, 6) is 2.63. The lowest BCUT2D eigenvalue weighted by Crippen LogP contribution is -2.37. The van der Waals surface area contributed by atoms with E-state index in [1.165, 1.54) is 12.8 Å². The molecule has 0 atom stereocenters. The van der Waals surface area contributed by atoms with E-state index in [2.05, 4.69) is 19.8 Å². The number of fused-ring (bicyclic) bond motifs is 1. The smallest absolute Gasteiger partial charge is 0.219 e. The minimum absolute atomic E-state index is 0.231. The molecule has 0 unspecified atom stereocenters. The molecule has 2 fully saturated rings. The molecule has 0 aromatic carbocycles. The molecule has 0 amide bonds. The SMILES string of the molecule is Nc1ncc(-c2nc(N3CCOCC3)c3nc(N4CCCC4)ccc3n2)cn1. The number of pyridine rings is 1. The van der Waals surface area contributed by atoms with Gasteiger partial charge in [0.2, 0.25) is 5.95 Å². The van der Waals surface area contributed by atoms with Crippen LogP contribution in [0.1, 0.15) is 12.8 Å². The predicted octanol–water partition coefficient (Wildman–Crippen LogP) is 1.50. The monoisotopic (exact) mass is 378 g/mol. The van der Waals surface area contributed by atoms with E-state index in [4.69, 9.17) is 25.4 Å². The molecule has 5 rings (SSSR count). The molecule has 2 aliphatic rings. The highest BCUT2D eigenvalue weighted by Gasteiger charge is 2.21. The largest absolute Gasteiger partial charge is 0.378 e. The summed E-state index contributed by atoms with van der Waals surface area (Å²) in [5, 5.41) is 0. The molecule has 0 bridgehead atoms. The van der Waals surface area contributed by atoms with Crippen LogP contribution >= 0.6 is 0 Å². The van der Waals surface area contributed by atoms with Crippen LogP contribution in [0.2, 0.25) is 0 Å². The third-order valence-corrected chi connectivity index (χ3v) is 5.18. The van der Waals surface area contributed by atoms with Crippen molar-refractivity contribution < 1.29 is 4.74 Å². The Hall–Kier alpha value is -3.07. The fourth-order valence-corrected chi connectivity index (χ4v) is 3.69. The average molecular weight is 378 g/mol. The molecule has 0 aliphatic carbocycles. The number of nitrogens with zero attached hydrogens (tertiary/aromatic N) is 7. The van der Waals surface area contributed by atoms with Crippen molar-refractivity contribution in [2.75, 3.05) is 54.9 Å². The number of rotatable bonds is 3. The lowest BCUT2D eigenvalue weighted by molar-refractivity contribution is 0.122. The van der Waals surface area contributed by atoms with Crippen LogP contribution in [-0.4, -0.2) is 64.3 Å². The Morgan fingerprint density at radius 3 is 2.36 bits per heavy atom. The van der Waals surface area contributed by atoms with Crippen LogP contribution in [0.4, 0.5) is 17.6 Å². The van der Waals surface area contributed by atoms with Gasteiger partial charge in [-0.1, -0.05) is 0 Å². The second kappa shape index (κ2) is 7.16. The summed E-state index contributed by atoms with van der Waals surface area (Å²) >= 11 is 0. The molecule has 9 nitrogen and oxygen atoms in total. The molecule has 3 aromatic heterocycles. The highest BCUT2D eigenvalue weighted by molar-refractivity contribution is 5.88. The number of anilines is 3. The Morgan fingerprint density at radius 2 is 1.61 bits per heavy atom. The molecular weight excluding hydrogens is 356 g/mol. The van der Waals surface area contributed by atoms with Crippen LogP contribution in [-0.2, 0) is 4.74 Å². The number of hydrogen-bond donors (Lipinski definition) is 1. The van der Waals surface area contributed by atoms with Crippen LogP contribution < -0.4 is 15.5 Å². The average Bonchev–Trinajstić information content (AvgIpc) is 3.29. The maximum absolute atomic E-state index is 5.62. The molecule has 5 heterocycles. The van der Waals surface area contributed by atoms with Crippen LogP contribution in [0.25, 0.3) is 22.4 Å². The van der Waals surface area contributed by atoms with E-state index in [0.717, 1.165) is 54.4 Å². The van der Waals surface area contributed by atoms with Gasteiger partial charge in [0.1, 0.15) is 11.3 Å². The lowest BCUT2D eigenvalue weighted by atomic mass is 10.2. The first kappa shape index (κ1) is 17.1. The number of aromatic nitrogens is 5. The summed E-state index contributed by atoms with van der Waals surface area (Å²) in [6, 6.07) is 4.08. The second-order valence-corrected chi connectivity index (χ2v) is 7.03. The van der Waals surface area contributed by atoms with Gasteiger partial charge in [0.05, 0.1) is 24.3 Å². The van der Waals surface area contributed by atoms with Gasteiger partial charge in [-0.05, 0) is 25.0 Å². The normalized spacial score (nSPS) is 17.4. The third-order valence-electron chi connectivity index (χ3n) is 5.18. The second-order valence-electron chi connectivity index (χ2n) is 7.03. The van der Waals surface area contributed by atoms with Gasteiger partial charge in [-0.3, -0.25) is 0 Å². The number of ether oxygens (including phenoxy) is 1. The summed E-state index contributed by atoms with van der Waals surface area (Å²) in [7, 11) is 0. The van der Waals surface area contributed by atoms with Gasteiger partial charge < -0.3 is 20.3 Å². The van der Waals surface area contributed by atoms with Gasteiger partial charge in [0, 0.05) is 38.6 Å². The minimum Gasteiger partial charge on any atom is -0.378 e. The summed E-state index contributed by atoms with van der Waals surface area (Å²) in [6.07, 6.45) is 5.72. The zero-order valence-electron chi connectivity index (χ0n) is 15.6. The van der Waals surface area contributed by atoms with E-state index < -0.39 is 0 Å². The molecule has 2 N–H and O–H groups in total. The Bertz CT molecular complexity index is 981. The number of morpholine rings is 1. The first-order chi connectivity index (χ1) is 13.8.